The lowest BCUT2D eigenvalue weighted by Crippen LogP contribution is -2.45. The van der Waals surface area contributed by atoms with Crippen molar-refractivity contribution in [3.8, 4) is 0 Å². The van der Waals surface area contributed by atoms with E-state index in [1.54, 1.807) is 26.0 Å². The van der Waals surface area contributed by atoms with Crippen LogP contribution in [-0.2, 0) is 21.2 Å². The molecule has 0 aliphatic heterocycles. The normalized spacial score (nSPS) is 12.4. The van der Waals surface area contributed by atoms with Crippen LogP contribution in [-0.4, -0.2) is 20.4 Å². The SMILES string of the molecule is Cc1ccc(NC(=O)[C@@H](Cc2ccccc2)NS(=O)(=O)c2c(C)cc(C)cc2C)cc1. The Bertz CT molecular complexity index is 1150. The van der Waals surface area contributed by atoms with Gasteiger partial charge < -0.3 is 5.32 Å². The van der Waals surface area contributed by atoms with Gasteiger partial charge in [0.2, 0.25) is 15.9 Å². The number of rotatable bonds is 7. The highest BCUT2D eigenvalue weighted by molar-refractivity contribution is 7.89. The molecular weight excluding hydrogens is 408 g/mol. The van der Waals surface area contributed by atoms with Gasteiger partial charge in [-0.25, -0.2) is 8.42 Å². The number of benzene rings is 3. The quantitative estimate of drug-likeness (QED) is 0.575. The minimum atomic E-state index is -3.91. The number of anilines is 1. The van der Waals surface area contributed by atoms with Gasteiger partial charge in [-0.05, 0) is 62.9 Å². The molecule has 3 aromatic rings. The van der Waals surface area contributed by atoms with E-state index in [0.717, 1.165) is 16.7 Å². The van der Waals surface area contributed by atoms with Crippen molar-refractivity contribution in [1.29, 1.82) is 0 Å². The van der Waals surface area contributed by atoms with E-state index in [4.69, 9.17) is 0 Å². The molecule has 1 atom stereocenters. The van der Waals surface area contributed by atoms with Crippen LogP contribution in [0.25, 0.3) is 0 Å². The van der Waals surface area contributed by atoms with E-state index in [9.17, 15) is 13.2 Å². The molecule has 1 amide bonds. The highest BCUT2D eigenvalue weighted by Crippen LogP contribution is 2.22. The van der Waals surface area contributed by atoms with Crippen molar-refractivity contribution in [1.82, 2.24) is 4.72 Å². The van der Waals surface area contributed by atoms with Gasteiger partial charge in [0.05, 0.1) is 4.90 Å². The zero-order chi connectivity index (χ0) is 22.6. The zero-order valence-electron chi connectivity index (χ0n) is 18.3. The number of carbonyl (C=O) groups excluding carboxylic acids is 1. The Kier molecular flexibility index (Phi) is 6.93. The first-order chi connectivity index (χ1) is 14.7. The lowest BCUT2D eigenvalue weighted by Gasteiger charge is -2.21. The summed E-state index contributed by atoms with van der Waals surface area (Å²) in [4.78, 5) is 13.3. The maximum Gasteiger partial charge on any atom is 0.242 e. The lowest BCUT2D eigenvalue weighted by molar-refractivity contribution is -0.117. The van der Waals surface area contributed by atoms with E-state index in [2.05, 4.69) is 10.0 Å². The van der Waals surface area contributed by atoms with E-state index in [1.807, 2.05) is 68.4 Å². The van der Waals surface area contributed by atoms with Gasteiger partial charge in [0.1, 0.15) is 6.04 Å². The Morgan fingerprint density at radius 3 is 2.00 bits per heavy atom. The lowest BCUT2D eigenvalue weighted by atomic mass is 10.1. The third-order valence-corrected chi connectivity index (χ3v) is 6.87. The summed E-state index contributed by atoms with van der Waals surface area (Å²) in [5.74, 6) is -0.404. The van der Waals surface area contributed by atoms with Gasteiger partial charge >= 0.3 is 0 Å². The average molecular weight is 437 g/mol. The van der Waals surface area contributed by atoms with Crippen LogP contribution in [0, 0.1) is 27.7 Å². The van der Waals surface area contributed by atoms with Gasteiger partial charge in [0.15, 0.2) is 0 Å². The second-order valence-corrected chi connectivity index (χ2v) is 9.60. The summed E-state index contributed by atoms with van der Waals surface area (Å²) in [7, 11) is -3.91. The molecule has 0 aromatic heterocycles. The second-order valence-electron chi connectivity index (χ2n) is 7.95. The highest BCUT2D eigenvalue weighted by atomic mass is 32.2. The van der Waals surface area contributed by atoms with E-state index >= 15 is 0 Å². The Hall–Kier alpha value is -2.96. The number of aryl methyl sites for hydroxylation is 4. The number of sulfonamides is 1. The summed E-state index contributed by atoms with van der Waals surface area (Å²) in [6.45, 7) is 7.43. The average Bonchev–Trinajstić information content (AvgIpc) is 2.68. The van der Waals surface area contributed by atoms with Crippen LogP contribution in [0.2, 0.25) is 0 Å². The largest absolute Gasteiger partial charge is 0.325 e. The van der Waals surface area contributed by atoms with Gasteiger partial charge in [-0.1, -0.05) is 65.7 Å². The maximum atomic E-state index is 13.3. The zero-order valence-corrected chi connectivity index (χ0v) is 19.1. The monoisotopic (exact) mass is 436 g/mol. The fraction of sp³-hybridized carbons (Fsp3) is 0.240. The number of carbonyl (C=O) groups is 1. The molecule has 0 aliphatic rings. The summed E-state index contributed by atoms with van der Waals surface area (Å²) in [5, 5.41) is 2.84. The summed E-state index contributed by atoms with van der Waals surface area (Å²) >= 11 is 0. The van der Waals surface area contributed by atoms with Crippen LogP contribution in [0.1, 0.15) is 27.8 Å². The van der Waals surface area contributed by atoms with Crippen molar-refractivity contribution in [3.05, 3.63) is 94.5 Å². The standard InChI is InChI=1S/C25H28N2O3S/c1-17-10-12-22(13-11-17)26-25(28)23(16-21-8-6-5-7-9-21)27-31(29,30)24-19(3)14-18(2)15-20(24)4/h5-15,23,27H,16H2,1-4H3,(H,26,28)/t23-/m1/s1. The molecule has 0 bridgehead atoms. The Morgan fingerprint density at radius 2 is 1.42 bits per heavy atom. The van der Waals surface area contributed by atoms with E-state index < -0.39 is 22.0 Å². The minimum Gasteiger partial charge on any atom is -0.325 e. The smallest absolute Gasteiger partial charge is 0.242 e. The Balaban J connectivity index is 1.92. The molecule has 0 aliphatic carbocycles. The summed E-state index contributed by atoms with van der Waals surface area (Å²) in [5.41, 5.74) is 4.86. The first-order valence-electron chi connectivity index (χ1n) is 10.2. The molecule has 6 heteroatoms. The van der Waals surface area contributed by atoms with Gasteiger partial charge in [0.25, 0.3) is 0 Å². The Labute approximate surface area is 184 Å². The van der Waals surface area contributed by atoms with Crippen LogP contribution in [0.3, 0.4) is 0 Å². The highest BCUT2D eigenvalue weighted by Gasteiger charge is 2.28. The Morgan fingerprint density at radius 1 is 0.839 bits per heavy atom. The molecule has 31 heavy (non-hydrogen) atoms. The first kappa shape index (κ1) is 22.7. The van der Waals surface area contributed by atoms with Crippen LogP contribution >= 0.6 is 0 Å². The van der Waals surface area contributed by atoms with E-state index in [-0.39, 0.29) is 11.3 Å². The molecule has 0 fully saturated rings. The molecule has 0 saturated carbocycles. The predicted octanol–water partition coefficient (Wildman–Crippen LogP) is 4.45. The van der Waals surface area contributed by atoms with E-state index in [0.29, 0.717) is 16.8 Å². The van der Waals surface area contributed by atoms with Crippen molar-refractivity contribution >= 4 is 21.6 Å². The third-order valence-electron chi connectivity index (χ3n) is 5.09. The predicted molar refractivity (Wildman–Crippen MR) is 125 cm³/mol. The number of hydrogen-bond acceptors (Lipinski definition) is 3. The molecule has 2 N–H and O–H groups in total. The van der Waals surface area contributed by atoms with Crippen LogP contribution in [0.15, 0.2) is 71.6 Å². The van der Waals surface area contributed by atoms with Gasteiger partial charge in [-0.3, -0.25) is 4.79 Å². The van der Waals surface area contributed by atoms with Gasteiger partial charge in [0, 0.05) is 5.69 Å². The molecule has 5 nitrogen and oxygen atoms in total. The van der Waals surface area contributed by atoms with Gasteiger partial charge in [-0.15, -0.1) is 0 Å². The second kappa shape index (κ2) is 9.45. The molecule has 0 spiro atoms. The molecule has 0 saturated heterocycles. The third kappa shape index (κ3) is 5.81. The number of nitrogens with one attached hydrogen (secondary N) is 2. The topological polar surface area (TPSA) is 75.3 Å². The van der Waals surface area contributed by atoms with Gasteiger partial charge in [-0.2, -0.15) is 4.72 Å². The molecule has 0 heterocycles. The molecule has 162 valence electrons. The summed E-state index contributed by atoms with van der Waals surface area (Å²) in [6.07, 6.45) is 0.238. The maximum absolute atomic E-state index is 13.3. The van der Waals surface area contributed by atoms with Crippen molar-refractivity contribution in [2.45, 2.75) is 45.1 Å². The number of hydrogen-bond donors (Lipinski definition) is 2. The molecule has 3 aromatic carbocycles. The molecular formula is C25H28N2O3S. The van der Waals surface area contributed by atoms with Crippen molar-refractivity contribution in [2.75, 3.05) is 5.32 Å². The molecule has 3 rings (SSSR count). The molecule has 0 radical (unpaired) electrons. The van der Waals surface area contributed by atoms with Crippen molar-refractivity contribution < 1.29 is 13.2 Å². The first-order valence-corrected chi connectivity index (χ1v) is 11.7. The van der Waals surface area contributed by atoms with Crippen LogP contribution in [0.4, 0.5) is 5.69 Å². The summed E-state index contributed by atoms with van der Waals surface area (Å²) in [6, 6.07) is 19.5. The van der Waals surface area contributed by atoms with Crippen molar-refractivity contribution in [3.63, 3.8) is 0 Å². The fourth-order valence-electron chi connectivity index (χ4n) is 3.74. The van der Waals surface area contributed by atoms with Crippen LogP contribution in [0.5, 0.6) is 0 Å². The van der Waals surface area contributed by atoms with Crippen LogP contribution < -0.4 is 10.0 Å². The minimum absolute atomic E-state index is 0.222. The fourth-order valence-corrected chi connectivity index (χ4v) is 5.39. The molecule has 0 unspecified atom stereocenters. The van der Waals surface area contributed by atoms with Crippen molar-refractivity contribution in [2.24, 2.45) is 0 Å². The summed E-state index contributed by atoms with van der Waals surface area (Å²) < 4.78 is 29.2. The number of amides is 1. The van der Waals surface area contributed by atoms with E-state index in [1.165, 1.54) is 0 Å².